The summed E-state index contributed by atoms with van der Waals surface area (Å²) in [6.45, 7) is 9.03. The summed E-state index contributed by atoms with van der Waals surface area (Å²) < 4.78 is 18.8. The average molecular weight is 287 g/mol. The molecule has 0 aromatic carbocycles. The number of nitrogens with one attached hydrogen (secondary N) is 1. The second kappa shape index (κ2) is 8.32. The van der Waals surface area contributed by atoms with Crippen LogP contribution in [0, 0.1) is 6.92 Å². The summed E-state index contributed by atoms with van der Waals surface area (Å²) in [5.41, 5.74) is 0.974. The first-order valence-electron chi connectivity index (χ1n) is 6.72. The molecular formula is C13H25N3O2S. The number of aryl methyl sites for hydroxylation is 1. The number of imidazole rings is 1. The summed E-state index contributed by atoms with van der Waals surface area (Å²) >= 11 is 0. The van der Waals surface area contributed by atoms with Crippen molar-refractivity contribution >= 4 is 16.7 Å². The Kier molecular flexibility index (Phi) is 7.09. The third kappa shape index (κ3) is 5.74. The standard InChI is InChI=1S/C13H25N3O2S/c1-5-18-8-6-7-14-13-15-11(2)9-16(13)10-12(3)19(4)17/h9,12H,5-8,10H2,1-4H3,(H,14,15). The zero-order valence-corrected chi connectivity index (χ0v) is 13.1. The highest BCUT2D eigenvalue weighted by Gasteiger charge is 2.11. The summed E-state index contributed by atoms with van der Waals surface area (Å²) in [7, 11) is -0.816. The Morgan fingerprint density at radius 2 is 2.32 bits per heavy atom. The zero-order valence-electron chi connectivity index (χ0n) is 12.3. The van der Waals surface area contributed by atoms with Gasteiger partial charge in [0.25, 0.3) is 0 Å². The molecule has 0 saturated heterocycles. The molecular weight excluding hydrogens is 262 g/mol. The molecule has 1 heterocycles. The minimum Gasteiger partial charge on any atom is -0.382 e. The van der Waals surface area contributed by atoms with Crippen molar-refractivity contribution in [3.05, 3.63) is 11.9 Å². The molecule has 1 N–H and O–H groups in total. The fraction of sp³-hybridized carbons (Fsp3) is 0.769. The quantitative estimate of drug-likeness (QED) is 0.704. The minimum absolute atomic E-state index is 0.123. The van der Waals surface area contributed by atoms with Gasteiger partial charge >= 0.3 is 0 Å². The van der Waals surface area contributed by atoms with Crippen LogP contribution in [-0.2, 0) is 22.1 Å². The van der Waals surface area contributed by atoms with Gasteiger partial charge in [0.05, 0.1) is 5.69 Å². The van der Waals surface area contributed by atoms with Gasteiger partial charge in [-0.3, -0.25) is 4.21 Å². The Bertz CT molecular complexity index is 407. The number of hydrogen-bond acceptors (Lipinski definition) is 4. The van der Waals surface area contributed by atoms with E-state index in [2.05, 4.69) is 10.3 Å². The van der Waals surface area contributed by atoms with Crippen molar-refractivity contribution in [3.63, 3.8) is 0 Å². The highest BCUT2D eigenvalue weighted by Crippen LogP contribution is 2.11. The summed E-state index contributed by atoms with van der Waals surface area (Å²) in [5, 5.41) is 3.43. The van der Waals surface area contributed by atoms with Crippen LogP contribution in [0.25, 0.3) is 0 Å². The molecule has 1 aromatic rings. The van der Waals surface area contributed by atoms with Crippen molar-refractivity contribution < 1.29 is 8.95 Å². The van der Waals surface area contributed by atoms with E-state index in [1.165, 1.54) is 0 Å². The zero-order chi connectivity index (χ0) is 14.3. The lowest BCUT2D eigenvalue weighted by atomic mass is 10.4. The number of hydrogen-bond donors (Lipinski definition) is 1. The number of aromatic nitrogens is 2. The van der Waals surface area contributed by atoms with Crippen LogP contribution in [-0.4, -0.2) is 45.0 Å². The summed E-state index contributed by atoms with van der Waals surface area (Å²) in [5.74, 6) is 0.853. The first-order chi connectivity index (χ1) is 9.04. The van der Waals surface area contributed by atoms with Gasteiger partial charge in [-0.25, -0.2) is 4.98 Å². The Labute approximate surface area is 118 Å². The fourth-order valence-electron chi connectivity index (χ4n) is 1.73. The molecule has 19 heavy (non-hydrogen) atoms. The minimum atomic E-state index is -0.816. The maximum atomic E-state index is 11.4. The van der Waals surface area contributed by atoms with Crippen molar-refractivity contribution in [1.82, 2.24) is 9.55 Å². The lowest BCUT2D eigenvalue weighted by Gasteiger charge is -2.13. The molecule has 1 aromatic heterocycles. The molecule has 0 bridgehead atoms. The van der Waals surface area contributed by atoms with Crippen molar-refractivity contribution in [3.8, 4) is 0 Å². The third-order valence-corrected chi connectivity index (χ3v) is 4.15. The van der Waals surface area contributed by atoms with Gasteiger partial charge in [0.15, 0.2) is 0 Å². The molecule has 0 aliphatic heterocycles. The highest BCUT2D eigenvalue weighted by atomic mass is 32.2. The van der Waals surface area contributed by atoms with Gasteiger partial charge in [0, 0.05) is 54.8 Å². The van der Waals surface area contributed by atoms with Crippen LogP contribution < -0.4 is 5.32 Å². The topological polar surface area (TPSA) is 56.1 Å². The van der Waals surface area contributed by atoms with Crippen molar-refractivity contribution in [2.24, 2.45) is 0 Å². The lowest BCUT2D eigenvalue weighted by Crippen LogP contribution is -2.19. The fourth-order valence-corrected chi connectivity index (χ4v) is 2.10. The van der Waals surface area contributed by atoms with Gasteiger partial charge in [-0.2, -0.15) is 0 Å². The normalized spacial score (nSPS) is 14.3. The Morgan fingerprint density at radius 3 is 2.95 bits per heavy atom. The Morgan fingerprint density at radius 1 is 1.58 bits per heavy atom. The van der Waals surface area contributed by atoms with E-state index < -0.39 is 10.8 Å². The predicted octanol–water partition coefficient (Wildman–Crippen LogP) is 1.80. The van der Waals surface area contributed by atoms with E-state index in [1.807, 2.05) is 31.5 Å². The molecule has 0 amide bonds. The maximum absolute atomic E-state index is 11.4. The summed E-state index contributed by atoms with van der Waals surface area (Å²) in [6, 6.07) is 0. The molecule has 2 unspecified atom stereocenters. The van der Waals surface area contributed by atoms with Crippen LogP contribution in [0.4, 0.5) is 5.95 Å². The van der Waals surface area contributed by atoms with E-state index in [1.54, 1.807) is 6.26 Å². The van der Waals surface area contributed by atoms with Gasteiger partial charge in [-0.1, -0.05) is 0 Å². The molecule has 0 saturated carbocycles. The van der Waals surface area contributed by atoms with Crippen molar-refractivity contribution in [2.45, 2.75) is 39.0 Å². The van der Waals surface area contributed by atoms with Gasteiger partial charge in [-0.15, -0.1) is 0 Å². The largest absolute Gasteiger partial charge is 0.382 e. The number of anilines is 1. The van der Waals surface area contributed by atoms with Crippen molar-refractivity contribution in [1.29, 1.82) is 0 Å². The third-order valence-electron chi connectivity index (χ3n) is 2.87. The van der Waals surface area contributed by atoms with Gasteiger partial charge in [-0.05, 0) is 27.2 Å². The van der Waals surface area contributed by atoms with E-state index >= 15 is 0 Å². The molecule has 110 valence electrons. The van der Waals surface area contributed by atoms with E-state index in [9.17, 15) is 4.21 Å². The second-order valence-electron chi connectivity index (χ2n) is 4.64. The number of nitrogens with zero attached hydrogens (tertiary/aromatic N) is 2. The first kappa shape index (κ1) is 16.2. The molecule has 0 fully saturated rings. The SMILES string of the molecule is CCOCCCNc1nc(C)cn1CC(C)S(C)=O. The molecule has 0 radical (unpaired) electrons. The van der Waals surface area contributed by atoms with E-state index in [4.69, 9.17) is 4.74 Å². The van der Waals surface area contributed by atoms with Crippen LogP contribution in [0.1, 0.15) is 26.0 Å². The molecule has 5 nitrogen and oxygen atoms in total. The summed E-state index contributed by atoms with van der Waals surface area (Å²) in [6.07, 6.45) is 4.69. The Hall–Kier alpha value is -0.880. The molecule has 0 aliphatic rings. The van der Waals surface area contributed by atoms with Crippen LogP contribution >= 0.6 is 0 Å². The monoisotopic (exact) mass is 287 g/mol. The second-order valence-corrected chi connectivity index (χ2v) is 6.45. The van der Waals surface area contributed by atoms with Crippen LogP contribution in [0.15, 0.2) is 6.20 Å². The molecule has 0 spiro atoms. The van der Waals surface area contributed by atoms with E-state index in [0.717, 1.165) is 44.4 Å². The highest BCUT2D eigenvalue weighted by molar-refractivity contribution is 7.84. The molecule has 1 rings (SSSR count). The van der Waals surface area contributed by atoms with Gasteiger partial charge in [0.1, 0.15) is 0 Å². The molecule has 2 atom stereocenters. The van der Waals surface area contributed by atoms with Crippen molar-refractivity contribution in [2.75, 3.05) is 31.3 Å². The van der Waals surface area contributed by atoms with Gasteiger partial charge in [0.2, 0.25) is 5.95 Å². The predicted molar refractivity (Wildman–Crippen MR) is 80.1 cm³/mol. The lowest BCUT2D eigenvalue weighted by molar-refractivity contribution is 0.147. The number of rotatable bonds is 9. The first-order valence-corrected chi connectivity index (χ1v) is 8.34. The maximum Gasteiger partial charge on any atom is 0.203 e. The van der Waals surface area contributed by atoms with Crippen LogP contribution in [0.2, 0.25) is 0 Å². The Balaban J connectivity index is 2.50. The smallest absolute Gasteiger partial charge is 0.203 e. The number of ether oxygens (including phenoxy) is 1. The molecule has 6 heteroatoms. The summed E-state index contributed by atoms with van der Waals surface area (Å²) in [4.78, 5) is 4.45. The van der Waals surface area contributed by atoms with Crippen LogP contribution in [0.5, 0.6) is 0 Å². The van der Waals surface area contributed by atoms with E-state index in [0.29, 0.717) is 0 Å². The average Bonchev–Trinajstić information content (AvgIpc) is 2.69. The van der Waals surface area contributed by atoms with Gasteiger partial charge < -0.3 is 14.6 Å². The van der Waals surface area contributed by atoms with Crippen LogP contribution in [0.3, 0.4) is 0 Å². The van der Waals surface area contributed by atoms with E-state index in [-0.39, 0.29) is 5.25 Å². The molecule has 0 aliphatic carbocycles.